The van der Waals surface area contributed by atoms with Gasteiger partial charge in [-0.2, -0.15) is 0 Å². The fraction of sp³-hybridized carbons (Fsp3) is 0.875. The summed E-state index contributed by atoms with van der Waals surface area (Å²) < 4.78 is 13.4. The normalized spacial score (nSPS) is 19.7. The third-order valence-electron chi connectivity index (χ3n) is 2.42. The molecule has 0 fully saturated rings. The molecular formula is C8H14N8OS2. The lowest BCUT2D eigenvalue weighted by molar-refractivity contribution is 0.633. The maximum atomic E-state index is 12.0. The summed E-state index contributed by atoms with van der Waals surface area (Å²) in [6, 6.07) is 0. The SMILES string of the molecule is CC(CCS(=O)c1nnnn1C)SC1(C)N=NN=N1. The molecule has 104 valence electrons. The molecule has 0 spiro atoms. The minimum atomic E-state index is -1.20. The summed E-state index contributed by atoms with van der Waals surface area (Å²) in [6.45, 7) is 3.88. The summed E-state index contributed by atoms with van der Waals surface area (Å²) in [5.41, 5.74) is 0. The molecule has 0 aromatic carbocycles. The van der Waals surface area contributed by atoms with Gasteiger partial charge in [-0.25, -0.2) is 4.68 Å². The molecule has 0 bridgehead atoms. The molecule has 1 aliphatic rings. The Labute approximate surface area is 116 Å². The van der Waals surface area contributed by atoms with Gasteiger partial charge in [-0.1, -0.05) is 12.0 Å². The molecule has 0 amide bonds. The molecule has 0 aliphatic carbocycles. The van der Waals surface area contributed by atoms with Crippen LogP contribution in [0.25, 0.3) is 0 Å². The first kappa shape index (κ1) is 14.2. The summed E-state index contributed by atoms with van der Waals surface area (Å²) >= 11 is 1.54. The van der Waals surface area contributed by atoms with E-state index in [1.165, 1.54) is 16.4 Å². The van der Waals surface area contributed by atoms with Crippen LogP contribution >= 0.6 is 11.8 Å². The van der Waals surface area contributed by atoms with Crippen LogP contribution in [0.5, 0.6) is 0 Å². The van der Waals surface area contributed by atoms with E-state index in [0.29, 0.717) is 10.9 Å². The Morgan fingerprint density at radius 1 is 1.42 bits per heavy atom. The Morgan fingerprint density at radius 3 is 2.68 bits per heavy atom. The Balaban J connectivity index is 1.82. The smallest absolute Gasteiger partial charge is 0.239 e. The average molecular weight is 302 g/mol. The number of thioether (sulfide) groups is 1. The van der Waals surface area contributed by atoms with Crippen LogP contribution in [0.1, 0.15) is 20.3 Å². The second-order valence-electron chi connectivity index (χ2n) is 4.16. The Kier molecular flexibility index (Phi) is 4.34. The van der Waals surface area contributed by atoms with Gasteiger partial charge < -0.3 is 0 Å². The van der Waals surface area contributed by atoms with Crippen molar-refractivity contribution in [1.82, 2.24) is 20.2 Å². The highest BCUT2D eigenvalue weighted by molar-refractivity contribution is 8.01. The topological polar surface area (TPSA) is 110 Å². The van der Waals surface area contributed by atoms with E-state index < -0.39 is 15.8 Å². The van der Waals surface area contributed by atoms with Gasteiger partial charge in [0, 0.05) is 18.1 Å². The van der Waals surface area contributed by atoms with Crippen molar-refractivity contribution in [3.63, 3.8) is 0 Å². The fourth-order valence-electron chi connectivity index (χ4n) is 1.49. The second-order valence-corrected chi connectivity index (χ2v) is 7.44. The Morgan fingerprint density at radius 2 is 2.11 bits per heavy atom. The van der Waals surface area contributed by atoms with E-state index in [2.05, 4.69) is 36.2 Å². The molecule has 2 heterocycles. The third kappa shape index (κ3) is 3.62. The molecule has 1 aromatic rings. The number of rotatable bonds is 6. The van der Waals surface area contributed by atoms with Crippen LogP contribution in [0.2, 0.25) is 0 Å². The summed E-state index contributed by atoms with van der Waals surface area (Å²) in [7, 11) is 0.477. The van der Waals surface area contributed by atoms with Gasteiger partial charge in [0.25, 0.3) is 0 Å². The van der Waals surface area contributed by atoms with E-state index in [0.717, 1.165) is 6.42 Å². The maximum absolute atomic E-state index is 12.0. The number of aromatic nitrogens is 4. The molecule has 0 N–H and O–H groups in total. The summed E-state index contributed by atoms with van der Waals surface area (Å²) in [4.78, 5) is -0.646. The minimum absolute atomic E-state index is 0.228. The van der Waals surface area contributed by atoms with E-state index >= 15 is 0 Å². The second kappa shape index (κ2) is 5.82. The fourth-order valence-corrected chi connectivity index (χ4v) is 4.02. The number of hydrogen-bond donors (Lipinski definition) is 0. The number of hydrogen-bond acceptors (Lipinski definition) is 9. The van der Waals surface area contributed by atoms with Crippen molar-refractivity contribution >= 4 is 22.6 Å². The predicted octanol–water partition coefficient (Wildman–Crippen LogP) is 1.34. The van der Waals surface area contributed by atoms with Crippen LogP contribution in [-0.2, 0) is 17.8 Å². The summed E-state index contributed by atoms with van der Waals surface area (Å²) in [6.07, 6.45) is 0.741. The van der Waals surface area contributed by atoms with E-state index in [-0.39, 0.29) is 5.25 Å². The standard InChI is InChI=1S/C8H14N8OS2/c1-6(18-8(2)10-13-14-11-8)4-5-19(17)7-9-12-15-16(7)3/h6H,4-5H2,1-3H3. The highest BCUT2D eigenvalue weighted by Crippen LogP contribution is 2.36. The van der Waals surface area contributed by atoms with Crippen molar-refractivity contribution in [2.45, 2.75) is 35.7 Å². The number of aryl methyl sites for hydroxylation is 1. The zero-order chi connectivity index (χ0) is 13.9. The highest BCUT2D eigenvalue weighted by atomic mass is 32.2. The first-order chi connectivity index (χ1) is 9.00. The van der Waals surface area contributed by atoms with Crippen LogP contribution in [0.15, 0.2) is 25.8 Å². The lowest BCUT2D eigenvalue weighted by Crippen LogP contribution is -2.17. The lowest BCUT2D eigenvalue weighted by atomic mass is 10.4. The lowest BCUT2D eigenvalue weighted by Gasteiger charge is -2.18. The van der Waals surface area contributed by atoms with Crippen LogP contribution in [0.4, 0.5) is 0 Å². The predicted molar refractivity (Wildman–Crippen MR) is 69.9 cm³/mol. The zero-order valence-corrected chi connectivity index (χ0v) is 12.4. The van der Waals surface area contributed by atoms with Crippen molar-refractivity contribution in [3.05, 3.63) is 0 Å². The van der Waals surface area contributed by atoms with Crippen molar-refractivity contribution in [2.75, 3.05) is 5.75 Å². The maximum Gasteiger partial charge on any atom is 0.239 e. The molecule has 19 heavy (non-hydrogen) atoms. The average Bonchev–Trinajstić information content (AvgIpc) is 2.95. The molecule has 2 atom stereocenters. The van der Waals surface area contributed by atoms with Crippen LogP contribution in [0.3, 0.4) is 0 Å². The van der Waals surface area contributed by atoms with Gasteiger partial charge in [0.05, 0.1) is 10.8 Å². The van der Waals surface area contributed by atoms with Crippen molar-refractivity contribution in [1.29, 1.82) is 0 Å². The van der Waals surface area contributed by atoms with E-state index in [1.54, 1.807) is 7.05 Å². The summed E-state index contributed by atoms with van der Waals surface area (Å²) in [5, 5.41) is 26.4. The Hall–Kier alpha value is -1.23. The van der Waals surface area contributed by atoms with Crippen LogP contribution in [0, 0.1) is 0 Å². The van der Waals surface area contributed by atoms with Crippen molar-refractivity contribution in [2.24, 2.45) is 27.7 Å². The Bertz CT molecular complexity index is 515. The molecule has 1 aromatic heterocycles. The monoisotopic (exact) mass is 302 g/mol. The van der Waals surface area contributed by atoms with Gasteiger partial charge in [-0.15, -0.1) is 22.0 Å². The zero-order valence-electron chi connectivity index (χ0n) is 10.8. The number of nitrogens with zero attached hydrogens (tertiary/aromatic N) is 8. The molecule has 2 rings (SSSR count). The van der Waals surface area contributed by atoms with Gasteiger partial charge >= 0.3 is 0 Å². The molecule has 0 radical (unpaired) electrons. The molecular weight excluding hydrogens is 288 g/mol. The largest absolute Gasteiger partial charge is 0.251 e. The minimum Gasteiger partial charge on any atom is -0.251 e. The van der Waals surface area contributed by atoms with Crippen molar-refractivity contribution < 1.29 is 4.21 Å². The van der Waals surface area contributed by atoms with Crippen molar-refractivity contribution in [3.8, 4) is 0 Å². The van der Waals surface area contributed by atoms with Gasteiger partial charge in [0.2, 0.25) is 10.2 Å². The van der Waals surface area contributed by atoms with Gasteiger partial charge in [-0.3, -0.25) is 4.21 Å². The van der Waals surface area contributed by atoms with E-state index in [9.17, 15) is 4.21 Å². The third-order valence-corrected chi connectivity index (χ3v) is 5.03. The van der Waals surface area contributed by atoms with Gasteiger partial charge in [-0.05, 0) is 34.2 Å². The molecule has 0 saturated carbocycles. The van der Waals surface area contributed by atoms with Crippen LogP contribution in [-0.4, -0.2) is 40.4 Å². The van der Waals surface area contributed by atoms with Gasteiger partial charge in [0.1, 0.15) is 0 Å². The summed E-state index contributed by atoms with van der Waals surface area (Å²) in [5.74, 6) is 0.493. The molecule has 1 aliphatic heterocycles. The van der Waals surface area contributed by atoms with E-state index in [4.69, 9.17) is 0 Å². The molecule has 0 saturated heterocycles. The molecule has 11 heteroatoms. The molecule has 2 unspecified atom stereocenters. The van der Waals surface area contributed by atoms with E-state index in [1.807, 2.05) is 13.8 Å². The first-order valence-corrected chi connectivity index (χ1v) is 7.83. The molecule has 9 nitrogen and oxygen atoms in total. The first-order valence-electron chi connectivity index (χ1n) is 5.63. The highest BCUT2D eigenvalue weighted by Gasteiger charge is 2.30. The number of tetrazole rings is 1. The van der Waals surface area contributed by atoms with Gasteiger partial charge in [0.15, 0.2) is 0 Å². The quantitative estimate of drug-likeness (QED) is 0.787. The van der Waals surface area contributed by atoms with Crippen LogP contribution < -0.4 is 0 Å².